The first kappa shape index (κ1) is 25.8. The third-order valence-corrected chi connectivity index (χ3v) is 4.29. The zero-order valence-electron chi connectivity index (χ0n) is 17.6. The Kier molecular flexibility index (Phi) is 14.1. The molecule has 0 saturated carbocycles. The number of ether oxygens (including phenoxy) is 2. The molecule has 0 aliphatic carbocycles. The monoisotopic (exact) mass is 492 g/mol. The van der Waals surface area contributed by atoms with Crippen molar-refractivity contribution in [2.75, 3.05) is 40.8 Å². The SMILES string of the molecule is CN=C(NCCCCN(C)C(C)C)NCC(C)Oc1ccccc1OC.I. The van der Waals surface area contributed by atoms with E-state index in [1.54, 1.807) is 14.2 Å². The van der Waals surface area contributed by atoms with Crippen LogP contribution in [-0.2, 0) is 0 Å². The Bertz CT molecular complexity index is 540. The quantitative estimate of drug-likeness (QED) is 0.215. The molecule has 1 atom stereocenters. The zero-order chi connectivity index (χ0) is 19.4. The van der Waals surface area contributed by atoms with Gasteiger partial charge < -0.3 is 25.0 Å². The number of nitrogens with one attached hydrogen (secondary N) is 2. The topological polar surface area (TPSA) is 58.1 Å². The maximum absolute atomic E-state index is 5.95. The largest absolute Gasteiger partial charge is 0.493 e. The average Bonchev–Trinajstić information content (AvgIpc) is 2.64. The summed E-state index contributed by atoms with van der Waals surface area (Å²) in [6.07, 6.45) is 2.28. The van der Waals surface area contributed by atoms with E-state index >= 15 is 0 Å². The second-order valence-electron chi connectivity index (χ2n) is 6.74. The lowest BCUT2D eigenvalue weighted by Crippen LogP contribution is -2.42. The number of para-hydroxylation sites is 2. The van der Waals surface area contributed by atoms with Gasteiger partial charge in [-0.05, 0) is 59.3 Å². The molecule has 1 aromatic carbocycles. The third-order valence-electron chi connectivity index (χ3n) is 4.29. The van der Waals surface area contributed by atoms with Crippen LogP contribution in [0, 0.1) is 0 Å². The number of guanidine groups is 1. The van der Waals surface area contributed by atoms with Gasteiger partial charge in [0.05, 0.1) is 13.7 Å². The summed E-state index contributed by atoms with van der Waals surface area (Å²) >= 11 is 0. The highest BCUT2D eigenvalue weighted by Gasteiger charge is 2.09. The number of hydrogen-bond acceptors (Lipinski definition) is 4. The van der Waals surface area contributed by atoms with E-state index in [9.17, 15) is 0 Å². The third kappa shape index (κ3) is 10.6. The van der Waals surface area contributed by atoms with E-state index in [1.807, 2.05) is 31.2 Å². The molecular weight excluding hydrogens is 455 g/mol. The lowest BCUT2D eigenvalue weighted by molar-refractivity contribution is 0.213. The molecule has 2 N–H and O–H groups in total. The number of methoxy groups -OCH3 is 1. The molecule has 0 bridgehead atoms. The lowest BCUT2D eigenvalue weighted by atomic mass is 10.2. The van der Waals surface area contributed by atoms with Crippen LogP contribution in [0.25, 0.3) is 0 Å². The molecule has 0 aliphatic heterocycles. The molecule has 0 saturated heterocycles. The number of hydrogen-bond donors (Lipinski definition) is 2. The Morgan fingerprint density at radius 2 is 1.78 bits per heavy atom. The van der Waals surface area contributed by atoms with Gasteiger partial charge in [0.15, 0.2) is 17.5 Å². The number of aliphatic imine (C=N–C) groups is 1. The van der Waals surface area contributed by atoms with Crippen LogP contribution in [0.4, 0.5) is 0 Å². The summed E-state index contributed by atoms with van der Waals surface area (Å²) in [4.78, 5) is 6.63. The van der Waals surface area contributed by atoms with Gasteiger partial charge in [0.2, 0.25) is 0 Å². The standard InChI is InChI=1S/C20H36N4O2.HI/c1-16(2)24(5)14-10-9-13-22-20(21-4)23-15-17(3)26-19-12-8-7-11-18(19)25-6;/h7-8,11-12,16-17H,9-10,13-15H2,1-6H3,(H2,21,22,23);1H. The first-order valence-electron chi connectivity index (χ1n) is 9.42. The Hall–Kier alpha value is -1.22. The Morgan fingerprint density at radius 1 is 1.11 bits per heavy atom. The molecule has 156 valence electrons. The number of rotatable bonds is 11. The van der Waals surface area contributed by atoms with Crippen LogP contribution >= 0.6 is 24.0 Å². The van der Waals surface area contributed by atoms with Crippen molar-refractivity contribution in [3.05, 3.63) is 24.3 Å². The van der Waals surface area contributed by atoms with E-state index in [0.29, 0.717) is 12.6 Å². The van der Waals surface area contributed by atoms with Crippen molar-refractivity contribution in [3.63, 3.8) is 0 Å². The number of benzene rings is 1. The average molecular weight is 492 g/mol. The second kappa shape index (κ2) is 14.8. The molecule has 0 aliphatic rings. The van der Waals surface area contributed by atoms with Crippen molar-refractivity contribution < 1.29 is 9.47 Å². The molecule has 0 amide bonds. The van der Waals surface area contributed by atoms with Gasteiger partial charge in [0.25, 0.3) is 0 Å². The van der Waals surface area contributed by atoms with E-state index < -0.39 is 0 Å². The van der Waals surface area contributed by atoms with E-state index in [1.165, 1.54) is 6.42 Å². The highest BCUT2D eigenvalue weighted by atomic mass is 127. The summed E-state index contributed by atoms with van der Waals surface area (Å²) in [6, 6.07) is 8.28. The van der Waals surface area contributed by atoms with Gasteiger partial charge in [-0.1, -0.05) is 12.1 Å². The van der Waals surface area contributed by atoms with Gasteiger partial charge in [0.1, 0.15) is 6.10 Å². The fourth-order valence-corrected chi connectivity index (χ4v) is 2.39. The smallest absolute Gasteiger partial charge is 0.191 e. The summed E-state index contributed by atoms with van der Waals surface area (Å²) < 4.78 is 11.3. The number of unbranched alkanes of at least 4 members (excludes halogenated alkanes) is 1. The van der Waals surface area contributed by atoms with E-state index in [-0.39, 0.29) is 30.1 Å². The first-order valence-corrected chi connectivity index (χ1v) is 9.42. The fourth-order valence-electron chi connectivity index (χ4n) is 2.39. The molecule has 1 rings (SSSR count). The second-order valence-corrected chi connectivity index (χ2v) is 6.74. The summed E-state index contributed by atoms with van der Waals surface area (Å²) in [7, 11) is 5.60. The number of halogens is 1. The molecule has 0 aromatic heterocycles. The minimum absolute atomic E-state index is 0. The molecule has 27 heavy (non-hydrogen) atoms. The Balaban J connectivity index is 0.00000676. The summed E-state index contributed by atoms with van der Waals surface area (Å²) in [5.41, 5.74) is 0. The van der Waals surface area contributed by atoms with E-state index in [0.717, 1.165) is 37.0 Å². The predicted molar refractivity (Wildman–Crippen MR) is 125 cm³/mol. The van der Waals surface area contributed by atoms with E-state index in [2.05, 4.69) is 41.4 Å². The highest BCUT2D eigenvalue weighted by Crippen LogP contribution is 2.26. The molecule has 1 unspecified atom stereocenters. The Labute approximate surface area is 182 Å². The maximum atomic E-state index is 5.95. The van der Waals surface area contributed by atoms with Crippen LogP contribution in [0.2, 0.25) is 0 Å². The molecule has 6 nitrogen and oxygen atoms in total. The normalized spacial score (nSPS) is 12.5. The van der Waals surface area contributed by atoms with Crippen molar-refractivity contribution in [2.45, 2.75) is 45.8 Å². The molecule has 0 fully saturated rings. The summed E-state index contributed by atoms with van der Waals surface area (Å²) in [6.45, 7) is 9.15. The van der Waals surface area contributed by atoms with Crippen LogP contribution in [0.5, 0.6) is 11.5 Å². The van der Waals surface area contributed by atoms with Crippen LogP contribution in [0.3, 0.4) is 0 Å². The zero-order valence-corrected chi connectivity index (χ0v) is 19.9. The van der Waals surface area contributed by atoms with Crippen molar-refractivity contribution in [2.24, 2.45) is 4.99 Å². The van der Waals surface area contributed by atoms with Crippen LogP contribution in [0.1, 0.15) is 33.6 Å². The molecule has 7 heteroatoms. The molecule has 0 heterocycles. The molecule has 1 aromatic rings. The minimum Gasteiger partial charge on any atom is -0.493 e. The summed E-state index contributed by atoms with van der Waals surface area (Å²) in [5, 5.41) is 6.66. The van der Waals surface area contributed by atoms with Crippen molar-refractivity contribution in [1.82, 2.24) is 15.5 Å². The fraction of sp³-hybridized carbons (Fsp3) is 0.650. The van der Waals surface area contributed by atoms with Crippen LogP contribution in [0.15, 0.2) is 29.3 Å². The highest BCUT2D eigenvalue weighted by molar-refractivity contribution is 14.0. The van der Waals surface area contributed by atoms with Crippen LogP contribution < -0.4 is 20.1 Å². The summed E-state index contributed by atoms with van der Waals surface area (Å²) in [5.74, 6) is 2.30. The van der Waals surface area contributed by atoms with E-state index in [4.69, 9.17) is 9.47 Å². The van der Waals surface area contributed by atoms with Crippen molar-refractivity contribution in [1.29, 1.82) is 0 Å². The Morgan fingerprint density at radius 3 is 2.37 bits per heavy atom. The van der Waals surface area contributed by atoms with Crippen molar-refractivity contribution in [3.8, 4) is 11.5 Å². The van der Waals surface area contributed by atoms with Gasteiger partial charge in [-0.3, -0.25) is 4.99 Å². The van der Waals surface area contributed by atoms with Gasteiger partial charge in [-0.2, -0.15) is 0 Å². The van der Waals surface area contributed by atoms with Gasteiger partial charge in [-0.15, -0.1) is 24.0 Å². The molecular formula is C20H37IN4O2. The molecule has 0 spiro atoms. The molecule has 0 radical (unpaired) electrons. The predicted octanol–water partition coefficient (Wildman–Crippen LogP) is 3.37. The minimum atomic E-state index is -0.00968. The number of nitrogens with zero attached hydrogens (tertiary/aromatic N) is 2. The van der Waals surface area contributed by atoms with Crippen molar-refractivity contribution >= 4 is 29.9 Å². The van der Waals surface area contributed by atoms with Gasteiger partial charge >= 0.3 is 0 Å². The van der Waals surface area contributed by atoms with Gasteiger partial charge in [0, 0.05) is 19.6 Å². The van der Waals surface area contributed by atoms with Gasteiger partial charge in [-0.25, -0.2) is 0 Å². The first-order chi connectivity index (χ1) is 12.5. The van der Waals surface area contributed by atoms with Crippen LogP contribution in [-0.4, -0.2) is 63.8 Å². The lowest BCUT2D eigenvalue weighted by Gasteiger charge is -2.21. The maximum Gasteiger partial charge on any atom is 0.191 e.